The van der Waals surface area contributed by atoms with Crippen molar-refractivity contribution in [1.82, 2.24) is 9.80 Å². The van der Waals surface area contributed by atoms with E-state index in [0.29, 0.717) is 0 Å². The van der Waals surface area contributed by atoms with Gasteiger partial charge in [0.2, 0.25) is 0 Å². The Morgan fingerprint density at radius 3 is 1.41 bits per heavy atom. The van der Waals surface area contributed by atoms with Gasteiger partial charge in [-0.3, -0.25) is 14.3 Å². The molecule has 2 fully saturated rings. The van der Waals surface area contributed by atoms with Gasteiger partial charge in [0.25, 0.3) is 0 Å². The molecule has 9 heteroatoms. The van der Waals surface area contributed by atoms with Gasteiger partial charge in [-0.2, -0.15) is 0 Å². The summed E-state index contributed by atoms with van der Waals surface area (Å²) in [5.74, 6) is -0.522. The van der Waals surface area contributed by atoms with Gasteiger partial charge in [-0.1, -0.05) is 0 Å². The lowest BCUT2D eigenvalue weighted by molar-refractivity contribution is -0.866. The second kappa shape index (κ2) is 10.4. The summed E-state index contributed by atoms with van der Waals surface area (Å²) in [5.41, 5.74) is 0. The van der Waals surface area contributed by atoms with Crippen LogP contribution in [0.3, 0.4) is 0 Å². The summed E-state index contributed by atoms with van der Waals surface area (Å²) in [5, 5.41) is 0. The van der Waals surface area contributed by atoms with Crippen LogP contribution in [0.4, 0.5) is 0 Å². The third-order valence-corrected chi connectivity index (χ3v) is 6.05. The van der Waals surface area contributed by atoms with E-state index in [0.717, 1.165) is 63.4 Å². The fraction of sp³-hybridized carbons (Fsp3) is 1.00. The molecule has 0 saturated carbocycles. The first-order valence-corrected chi connectivity index (χ1v) is 9.54. The molecule has 1 spiro atoms. The van der Waals surface area contributed by atoms with Gasteiger partial charge in [0.05, 0.1) is 13.1 Å². The van der Waals surface area contributed by atoms with E-state index in [9.17, 15) is 0 Å². The number of hydrogen-bond donors (Lipinski definition) is 0. The summed E-state index contributed by atoms with van der Waals surface area (Å²) in [6, 6.07) is 0. The van der Waals surface area contributed by atoms with E-state index in [4.69, 9.17) is 28.4 Å². The van der Waals surface area contributed by atoms with Gasteiger partial charge < -0.3 is 28.4 Å². The number of rotatable bonds is 10. The molecule has 0 bridgehead atoms. The molecule has 0 atom stereocenters. The number of hydrogen-bond acceptors (Lipinski definition) is 8. The van der Waals surface area contributed by atoms with Crippen molar-refractivity contribution in [2.75, 3.05) is 102 Å². The van der Waals surface area contributed by atoms with Gasteiger partial charge in [-0.25, -0.2) is 0 Å². The Morgan fingerprint density at radius 2 is 1.11 bits per heavy atom. The Hall–Kier alpha value is -0.360. The minimum Gasteiger partial charge on any atom is -0.355 e. The first-order valence-electron chi connectivity index (χ1n) is 9.54. The van der Waals surface area contributed by atoms with E-state index in [1.807, 2.05) is 0 Å². The summed E-state index contributed by atoms with van der Waals surface area (Å²) in [4.78, 5) is 4.78. The van der Waals surface area contributed by atoms with Gasteiger partial charge >= 0.3 is 5.91 Å². The quantitative estimate of drug-likeness (QED) is 0.283. The van der Waals surface area contributed by atoms with Crippen LogP contribution in [0.1, 0.15) is 0 Å². The van der Waals surface area contributed by atoms with E-state index >= 15 is 0 Å². The molecule has 27 heavy (non-hydrogen) atoms. The van der Waals surface area contributed by atoms with Gasteiger partial charge in [0, 0.05) is 81.9 Å². The normalized spacial score (nSPS) is 23.6. The summed E-state index contributed by atoms with van der Waals surface area (Å²) >= 11 is 0. The average molecular weight is 393 g/mol. The van der Waals surface area contributed by atoms with E-state index in [-0.39, 0.29) is 12.6 Å². The number of methoxy groups -OCH3 is 6. The van der Waals surface area contributed by atoms with Crippen molar-refractivity contribution in [3.8, 4) is 0 Å². The van der Waals surface area contributed by atoms with Gasteiger partial charge in [-0.15, -0.1) is 0 Å². The molecule has 0 aromatic heterocycles. The van der Waals surface area contributed by atoms with E-state index in [1.54, 1.807) is 42.7 Å². The van der Waals surface area contributed by atoms with Crippen molar-refractivity contribution in [3.05, 3.63) is 0 Å². The van der Waals surface area contributed by atoms with E-state index in [1.165, 1.54) is 0 Å². The Labute approximate surface area is 163 Å². The second-order valence-corrected chi connectivity index (χ2v) is 7.27. The lowest BCUT2D eigenvalue weighted by Gasteiger charge is -2.28. The van der Waals surface area contributed by atoms with Crippen LogP contribution in [-0.4, -0.2) is 134 Å². The third kappa shape index (κ3) is 5.37. The molecule has 0 aromatic carbocycles. The minimum atomic E-state index is -0.522. The van der Waals surface area contributed by atoms with E-state index in [2.05, 4.69) is 9.80 Å². The van der Waals surface area contributed by atoms with Crippen molar-refractivity contribution < 1.29 is 32.9 Å². The number of nitrogens with zero attached hydrogens (tertiary/aromatic N) is 3. The number of quaternary nitrogens is 1. The molecular formula is C18H38N3O6+. The standard InChI is InChI=1S/C18H38N3O6/c1-22-16(23-2)13-19-7-8-20(14-17(24-3)25-4)10-12-21(11-9-19)15-18(21,26-5)27-6/h16-17H,7-15H2,1-6H3/q+1. The molecule has 2 aliphatic rings. The highest BCUT2D eigenvalue weighted by Gasteiger charge is 2.72. The molecular weight excluding hydrogens is 354 g/mol. The zero-order valence-corrected chi connectivity index (χ0v) is 17.8. The molecule has 0 amide bonds. The maximum atomic E-state index is 5.76. The first kappa shape index (κ1) is 22.9. The Balaban J connectivity index is 2.10. The van der Waals surface area contributed by atoms with Crippen LogP contribution in [0.5, 0.6) is 0 Å². The molecule has 0 aromatic rings. The molecule has 0 aliphatic carbocycles. The average Bonchev–Trinajstić information content (AvgIpc) is 3.34. The Kier molecular flexibility index (Phi) is 8.85. The lowest BCUT2D eigenvalue weighted by Crippen LogP contribution is -2.46. The second-order valence-electron chi connectivity index (χ2n) is 7.27. The van der Waals surface area contributed by atoms with Crippen molar-refractivity contribution in [2.24, 2.45) is 0 Å². The molecule has 2 heterocycles. The predicted octanol–water partition coefficient (Wildman–Crippen LogP) is -0.381. The molecule has 0 unspecified atom stereocenters. The maximum absolute atomic E-state index is 5.76. The zero-order valence-electron chi connectivity index (χ0n) is 17.8. The van der Waals surface area contributed by atoms with Crippen LogP contribution in [0, 0.1) is 0 Å². The topological polar surface area (TPSA) is 61.9 Å². The maximum Gasteiger partial charge on any atom is 0.370 e. The smallest absolute Gasteiger partial charge is 0.355 e. The van der Waals surface area contributed by atoms with Crippen LogP contribution >= 0.6 is 0 Å². The van der Waals surface area contributed by atoms with Crippen molar-refractivity contribution >= 4 is 0 Å². The molecule has 0 N–H and O–H groups in total. The summed E-state index contributed by atoms with van der Waals surface area (Å²) < 4.78 is 34.0. The van der Waals surface area contributed by atoms with Crippen LogP contribution < -0.4 is 0 Å². The summed E-state index contributed by atoms with van der Waals surface area (Å²) in [7, 11) is 10.2. The van der Waals surface area contributed by atoms with Gasteiger partial charge in [-0.05, 0) is 0 Å². The molecule has 2 aliphatic heterocycles. The fourth-order valence-electron chi connectivity index (χ4n) is 4.01. The fourth-order valence-corrected chi connectivity index (χ4v) is 4.01. The SMILES string of the molecule is COC(CN1CCN(CC(OC)OC)CC[N+]2(CC1)CC2(OC)OC)OC. The van der Waals surface area contributed by atoms with Crippen molar-refractivity contribution in [1.29, 1.82) is 0 Å². The minimum absolute atomic E-state index is 0.234. The summed E-state index contributed by atoms with van der Waals surface area (Å²) in [6.07, 6.45) is -0.468. The highest BCUT2D eigenvalue weighted by atomic mass is 16.7. The highest BCUT2D eigenvalue weighted by Crippen LogP contribution is 2.44. The molecule has 2 saturated heterocycles. The van der Waals surface area contributed by atoms with Crippen LogP contribution in [0.25, 0.3) is 0 Å². The van der Waals surface area contributed by atoms with Crippen LogP contribution in [-0.2, 0) is 28.4 Å². The Bertz CT molecular complexity index is 403. The van der Waals surface area contributed by atoms with Crippen LogP contribution in [0.2, 0.25) is 0 Å². The van der Waals surface area contributed by atoms with Gasteiger partial charge in [0.15, 0.2) is 19.1 Å². The van der Waals surface area contributed by atoms with Crippen molar-refractivity contribution in [2.45, 2.75) is 18.5 Å². The zero-order chi connectivity index (χ0) is 19.9. The summed E-state index contributed by atoms with van der Waals surface area (Å²) in [6.45, 7) is 7.98. The number of ether oxygens (including phenoxy) is 6. The molecule has 2 rings (SSSR count). The first-order chi connectivity index (χ1) is 13.0. The third-order valence-electron chi connectivity index (χ3n) is 6.05. The van der Waals surface area contributed by atoms with E-state index < -0.39 is 5.91 Å². The molecule has 9 nitrogen and oxygen atoms in total. The molecule has 160 valence electrons. The Morgan fingerprint density at radius 1 is 0.704 bits per heavy atom. The predicted molar refractivity (Wildman–Crippen MR) is 100 cm³/mol. The van der Waals surface area contributed by atoms with Crippen molar-refractivity contribution in [3.63, 3.8) is 0 Å². The highest BCUT2D eigenvalue weighted by molar-refractivity contribution is 4.80. The lowest BCUT2D eigenvalue weighted by atomic mass is 10.4. The van der Waals surface area contributed by atoms with Crippen LogP contribution in [0.15, 0.2) is 0 Å². The largest absolute Gasteiger partial charge is 0.370 e. The monoisotopic (exact) mass is 392 g/mol. The van der Waals surface area contributed by atoms with Gasteiger partial charge in [0.1, 0.15) is 0 Å². The molecule has 0 radical (unpaired) electrons.